The molecule has 1 atom stereocenters. The summed E-state index contributed by atoms with van der Waals surface area (Å²) in [6.45, 7) is 8.90. The minimum absolute atomic E-state index is 0.480. The van der Waals surface area contributed by atoms with Gasteiger partial charge < -0.3 is 9.47 Å². The molecule has 2 heteroatoms. The van der Waals surface area contributed by atoms with Crippen LogP contribution in [0.2, 0.25) is 0 Å². The maximum atomic E-state index is 2.46. The van der Waals surface area contributed by atoms with Gasteiger partial charge in [0.15, 0.2) is 0 Å². The Bertz CT molecular complexity index is 1180. The monoisotopic (exact) mass is 382 g/mol. The average molecular weight is 383 g/mol. The minimum Gasteiger partial charge on any atom is -0.371 e. The van der Waals surface area contributed by atoms with Crippen LogP contribution >= 0.6 is 0 Å². The number of fused-ring (bicyclic) bond motifs is 3. The van der Waals surface area contributed by atoms with Gasteiger partial charge in [0.25, 0.3) is 0 Å². The van der Waals surface area contributed by atoms with Crippen LogP contribution in [0.1, 0.15) is 54.3 Å². The Morgan fingerprint density at radius 1 is 0.828 bits per heavy atom. The quantitative estimate of drug-likeness (QED) is 0.381. The largest absolute Gasteiger partial charge is 0.371 e. The van der Waals surface area contributed by atoms with Gasteiger partial charge in [-0.25, -0.2) is 0 Å². The van der Waals surface area contributed by atoms with Gasteiger partial charge in [0.05, 0.1) is 6.04 Å². The van der Waals surface area contributed by atoms with Gasteiger partial charge in [0.1, 0.15) is 0 Å². The van der Waals surface area contributed by atoms with Crippen LogP contribution in [0.25, 0.3) is 22.4 Å². The van der Waals surface area contributed by atoms with Crippen molar-refractivity contribution in [2.75, 3.05) is 7.05 Å². The Morgan fingerprint density at radius 3 is 2.14 bits per heavy atom. The molecular formula is C27H30N2. The third kappa shape index (κ3) is 2.69. The summed E-state index contributed by atoms with van der Waals surface area (Å²) in [6.07, 6.45) is 2.18. The Balaban J connectivity index is 1.49. The normalized spacial score (nSPS) is 17.9. The standard InChI is InChI=1S/C27H30N2/c1-16-11-26(28(5)18(16)3)20-7-9-24-22(13-20)15-23-14-21(8-10-25(23)24)27-12-17(2)19(4)29(27)6/h7-11,13-14,27H,12,15H2,1-6H3. The average Bonchev–Trinajstić information content (AvgIpc) is 3.30. The molecule has 0 saturated heterocycles. The molecule has 1 unspecified atom stereocenters. The van der Waals surface area contributed by atoms with E-state index < -0.39 is 0 Å². The van der Waals surface area contributed by atoms with Crippen LogP contribution in [0.3, 0.4) is 0 Å². The molecule has 1 aliphatic carbocycles. The molecule has 2 nitrogen and oxygen atoms in total. The van der Waals surface area contributed by atoms with E-state index in [4.69, 9.17) is 0 Å². The fourth-order valence-corrected chi connectivity index (χ4v) is 5.18. The second-order valence-electron chi connectivity index (χ2n) is 9.02. The smallest absolute Gasteiger partial charge is 0.0573 e. The lowest BCUT2D eigenvalue weighted by Gasteiger charge is -2.24. The van der Waals surface area contributed by atoms with Crippen LogP contribution in [0.4, 0.5) is 0 Å². The lowest BCUT2D eigenvalue weighted by atomic mass is 9.97. The van der Waals surface area contributed by atoms with E-state index in [1.165, 1.54) is 61.6 Å². The summed E-state index contributed by atoms with van der Waals surface area (Å²) in [6, 6.07) is 17.0. The summed E-state index contributed by atoms with van der Waals surface area (Å²) in [5, 5.41) is 0. The molecule has 0 N–H and O–H groups in total. The van der Waals surface area contributed by atoms with E-state index in [1.807, 2.05) is 0 Å². The maximum absolute atomic E-state index is 2.46. The number of hydrogen-bond acceptors (Lipinski definition) is 1. The molecule has 29 heavy (non-hydrogen) atoms. The van der Waals surface area contributed by atoms with Gasteiger partial charge in [-0.3, -0.25) is 0 Å². The Hall–Kier alpha value is -2.74. The highest BCUT2D eigenvalue weighted by atomic mass is 15.2. The van der Waals surface area contributed by atoms with Crippen molar-refractivity contribution in [3.8, 4) is 22.4 Å². The molecule has 0 spiro atoms. The first-order valence-electron chi connectivity index (χ1n) is 10.6. The first-order chi connectivity index (χ1) is 13.8. The summed E-state index contributed by atoms with van der Waals surface area (Å²) < 4.78 is 2.31. The Labute approximate surface area is 174 Å². The molecular weight excluding hydrogens is 352 g/mol. The topological polar surface area (TPSA) is 8.17 Å². The molecule has 2 aromatic carbocycles. The summed E-state index contributed by atoms with van der Waals surface area (Å²) in [5.74, 6) is 0. The Kier molecular flexibility index (Phi) is 4.03. The molecule has 2 heterocycles. The molecule has 0 saturated carbocycles. The summed E-state index contributed by atoms with van der Waals surface area (Å²) >= 11 is 0. The highest BCUT2D eigenvalue weighted by Crippen LogP contribution is 2.43. The van der Waals surface area contributed by atoms with Crippen LogP contribution in [-0.4, -0.2) is 16.5 Å². The van der Waals surface area contributed by atoms with Crippen LogP contribution < -0.4 is 0 Å². The number of allylic oxidation sites excluding steroid dienone is 1. The molecule has 3 aromatic rings. The van der Waals surface area contributed by atoms with Gasteiger partial charge >= 0.3 is 0 Å². The third-order valence-corrected chi connectivity index (χ3v) is 7.49. The zero-order valence-corrected chi connectivity index (χ0v) is 18.4. The van der Waals surface area contributed by atoms with Crippen molar-refractivity contribution >= 4 is 0 Å². The van der Waals surface area contributed by atoms with Gasteiger partial charge in [0.2, 0.25) is 0 Å². The zero-order chi connectivity index (χ0) is 20.4. The minimum atomic E-state index is 0.480. The number of aromatic nitrogens is 1. The number of aryl methyl sites for hydroxylation is 1. The van der Waals surface area contributed by atoms with E-state index in [0.29, 0.717) is 6.04 Å². The van der Waals surface area contributed by atoms with E-state index >= 15 is 0 Å². The van der Waals surface area contributed by atoms with Crippen LogP contribution in [0, 0.1) is 13.8 Å². The van der Waals surface area contributed by atoms with Crippen molar-refractivity contribution in [3.63, 3.8) is 0 Å². The van der Waals surface area contributed by atoms with Crippen molar-refractivity contribution in [1.82, 2.24) is 9.47 Å². The molecule has 0 fully saturated rings. The molecule has 0 radical (unpaired) electrons. The SMILES string of the molecule is CC1=C(C)N(C)C(c2ccc3c(c2)Cc2cc(-c4cc(C)c(C)n4C)ccc2-3)C1. The number of benzene rings is 2. The van der Waals surface area contributed by atoms with Crippen molar-refractivity contribution in [2.45, 2.75) is 46.6 Å². The van der Waals surface area contributed by atoms with Gasteiger partial charge in [0, 0.05) is 31.2 Å². The fourth-order valence-electron chi connectivity index (χ4n) is 5.18. The first-order valence-corrected chi connectivity index (χ1v) is 10.6. The second-order valence-corrected chi connectivity index (χ2v) is 9.02. The highest BCUT2D eigenvalue weighted by Gasteiger charge is 2.27. The molecule has 2 aliphatic rings. The maximum Gasteiger partial charge on any atom is 0.0573 e. The summed E-state index contributed by atoms with van der Waals surface area (Å²) in [5.41, 5.74) is 15.5. The Morgan fingerprint density at radius 2 is 1.52 bits per heavy atom. The van der Waals surface area contributed by atoms with E-state index in [2.05, 4.69) is 93.7 Å². The second kappa shape index (κ2) is 6.38. The number of hydrogen-bond donors (Lipinski definition) is 0. The summed E-state index contributed by atoms with van der Waals surface area (Å²) in [7, 11) is 4.40. The van der Waals surface area contributed by atoms with Crippen molar-refractivity contribution < 1.29 is 0 Å². The van der Waals surface area contributed by atoms with Gasteiger partial charge in [-0.05, 0) is 91.6 Å². The van der Waals surface area contributed by atoms with Gasteiger partial charge in [-0.15, -0.1) is 0 Å². The molecule has 0 amide bonds. The molecule has 5 rings (SSSR count). The van der Waals surface area contributed by atoms with Crippen molar-refractivity contribution in [3.05, 3.63) is 81.7 Å². The zero-order valence-electron chi connectivity index (χ0n) is 18.4. The van der Waals surface area contributed by atoms with Crippen molar-refractivity contribution in [1.29, 1.82) is 0 Å². The summed E-state index contributed by atoms with van der Waals surface area (Å²) in [4.78, 5) is 2.44. The lowest BCUT2D eigenvalue weighted by molar-refractivity contribution is 0.342. The van der Waals surface area contributed by atoms with E-state index in [-0.39, 0.29) is 0 Å². The number of rotatable bonds is 2. The molecule has 0 bridgehead atoms. The van der Waals surface area contributed by atoms with E-state index in [0.717, 1.165) is 12.8 Å². The van der Waals surface area contributed by atoms with E-state index in [9.17, 15) is 0 Å². The predicted octanol–water partition coefficient (Wildman–Crippen LogP) is 6.55. The lowest BCUT2D eigenvalue weighted by Crippen LogP contribution is -2.17. The third-order valence-electron chi connectivity index (χ3n) is 7.49. The highest BCUT2D eigenvalue weighted by molar-refractivity contribution is 5.80. The van der Waals surface area contributed by atoms with Crippen LogP contribution in [0.5, 0.6) is 0 Å². The van der Waals surface area contributed by atoms with Gasteiger partial charge in [-0.1, -0.05) is 35.9 Å². The van der Waals surface area contributed by atoms with Crippen molar-refractivity contribution in [2.24, 2.45) is 7.05 Å². The molecule has 1 aliphatic heterocycles. The van der Waals surface area contributed by atoms with Crippen LogP contribution in [0.15, 0.2) is 53.7 Å². The predicted molar refractivity (Wildman–Crippen MR) is 122 cm³/mol. The number of nitrogens with zero attached hydrogens (tertiary/aromatic N) is 2. The molecule has 1 aromatic heterocycles. The van der Waals surface area contributed by atoms with E-state index in [1.54, 1.807) is 0 Å². The molecule has 148 valence electrons. The fraction of sp³-hybridized carbons (Fsp3) is 0.333. The first kappa shape index (κ1) is 18.3. The van der Waals surface area contributed by atoms with Gasteiger partial charge in [-0.2, -0.15) is 0 Å². The van der Waals surface area contributed by atoms with Crippen LogP contribution in [-0.2, 0) is 13.5 Å².